The van der Waals surface area contributed by atoms with E-state index in [4.69, 9.17) is 0 Å². The second kappa shape index (κ2) is 7.53. The van der Waals surface area contributed by atoms with Gasteiger partial charge in [-0.1, -0.05) is 54.1 Å². The Morgan fingerprint density at radius 2 is 1.69 bits per heavy atom. The minimum absolute atomic E-state index is 0.343. The van der Waals surface area contributed by atoms with Crippen LogP contribution < -0.4 is 15.5 Å². The third kappa shape index (κ3) is 3.19. The van der Waals surface area contributed by atoms with Gasteiger partial charge in [-0.3, -0.25) is 9.59 Å². The molecule has 2 heterocycles. The molecule has 5 rings (SSSR count). The molecule has 2 atom stereocenters. The van der Waals surface area contributed by atoms with Gasteiger partial charge in [0.25, 0.3) is 11.8 Å². The molecule has 1 fully saturated rings. The Morgan fingerprint density at radius 1 is 0.969 bits per heavy atom. The van der Waals surface area contributed by atoms with Crippen LogP contribution in [-0.2, 0) is 9.59 Å². The summed E-state index contributed by atoms with van der Waals surface area (Å²) < 4.78 is 0. The lowest BCUT2D eigenvalue weighted by Gasteiger charge is -2.37. The molecule has 2 N–H and O–H groups in total. The van der Waals surface area contributed by atoms with Crippen LogP contribution in [0.3, 0.4) is 0 Å². The zero-order valence-corrected chi connectivity index (χ0v) is 17.7. The molecule has 2 aliphatic rings. The fraction of sp³-hybridized carbons (Fsp3) is 0.160. The Labute approximate surface area is 185 Å². The van der Waals surface area contributed by atoms with Crippen LogP contribution in [-0.4, -0.2) is 41.9 Å². The SMILES string of the molecule is Cc1ccc(N2C(=O)NC3C(C(=O)Nc4cccc5ccccc45)=CN(C)C3C2=O)cc1. The van der Waals surface area contributed by atoms with Crippen LogP contribution in [0.25, 0.3) is 10.8 Å². The van der Waals surface area contributed by atoms with Crippen LogP contribution in [0.2, 0.25) is 0 Å². The highest BCUT2D eigenvalue weighted by Gasteiger charge is 2.49. The van der Waals surface area contributed by atoms with E-state index < -0.39 is 18.1 Å². The molecule has 0 aliphatic carbocycles. The number of urea groups is 1. The molecule has 2 unspecified atom stereocenters. The first-order valence-corrected chi connectivity index (χ1v) is 10.4. The van der Waals surface area contributed by atoms with E-state index in [1.54, 1.807) is 30.3 Å². The van der Waals surface area contributed by atoms with Gasteiger partial charge < -0.3 is 15.5 Å². The summed E-state index contributed by atoms with van der Waals surface area (Å²) in [5, 5.41) is 7.73. The van der Waals surface area contributed by atoms with Crippen molar-refractivity contribution >= 4 is 40.0 Å². The van der Waals surface area contributed by atoms with Crippen molar-refractivity contribution in [3.63, 3.8) is 0 Å². The first-order chi connectivity index (χ1) is 15.4. The summed E-state index contributed by atoms with van der Waals surface area (Å²) in [7, 11) is 1.73. The Bertz CT molecular complexity index is 1280. The van der Waals surface area contributed by atoms with Gasteiger partial charge in [0.05, 0.1) is 17.3 Å². The maximum absolute atomic E-state index is 13.3. The first kappa shape index (κ1) is 19.8. The number of aryl methyl sites for hydroxylation is 1. The normalized spacial score (nSPS) is 20.1. The van der Waals surface area contributed by atoms with E-state index in [1.165, 1.54) is 0 Å². The molecule has 2 aliphatic heterocycles. The molecule has 0 aromatic heterocycles. The van der Waals surface area contributed by atoms with Crippen LogP contribution in [0.5, 0.6) is 0 Å². The number of likely N-dealkylation sites (N-methyl/N-ethyl adjacent to an activating group) is 1. The Hall–Kier alpha value is -4.13. The van der Waals surface area contributed by atoms with Gasteiger partial charge in [-0.2, -0.15) is 0 Å². The molecule has 32 heavy (non-hydrogen) atoms. The average molecular weight is 426 g/mol. The topological polar surface area (TPSA) is 81.8 Å². The van der Waals surface area contributed by atoms with Crippen LogP contribution in [0.4, 0.5) is 16.2 Å². The van der Waals surface area contributed by atoms with Crippen molar-refractivity contribution in [1.82, 2.24) is 10.2 Å². The molecule has 7 heteroatoms. The van der Waals surface area contributed by atoms with Crippen molar-refractivity contribution in [1.29, 1.82) is 0 Å². The zero-order valence-electron chi connectivity index (χ0n) is 17.7. The van der Waals surface area contributed by atoms with E-state index in [0.717, 1.165) is 21.2 Å². The van der Waals surface area contributed by atoms with Gasteiger partial charge in [-0.05, 0) is 30.5 Å². The van der Waals surface area contributed by atoms with Crippen molar-refractivity contribution in [2.45, 2.75) is 19.0 Å². The smallest absolute Gasteiger partial charge is 0.329 e. The highest BCUT2D eigenvalue weighted by Crippen LogP contribution is 2.31. The Morgan fingerprint density at radius 3 is 2.47 bits per heavy atom. The standard InChI is InChI=1S/C25H22N4O3/c1-15-10-12-17(13-11-15)29-24(31)22-21(27-25(29)32)19(14-28(22)2)23(30)26-20-9-5-7-16-6-3-4-8-18(16)20/h3-14,21-22H,1-2H3,(H,26,30)(H,27,32). The molecule has 7 nitrogen and oxygen atoms in total. The third-order valence-corrected chi connectivity index (χ3v) is 5.98. The minimum atomic E-state index is -0.725. The lowest BCUT2D eigenvalue weighted by molar-refractivity contribution is -0.122. The van der Waals surface area contributed by atoms with Crippen molar-refractivity contribution in [3.05, 3.63) is 84.1 Å². The predicted octanol–water partition coefficient (Wildman–Crippen LogP) is 3.41. The highest BCUT2D eigenvalue weighted by atomic mass is 16.2. The molecule has 0 radical (unpaired) electrons. The molecule has 0 bridgehead atoms. The van der Waals surface area contributed by atoms with Gasteiger partial charge in [0.1, 0.15) is 6.04 Å². The Balaban J connectivity index is 1.41. The minimum Gasteiger partial charge on any atom is -0.366 e. The number of carbonyl (C=O) groups excluding carboxylic acids is 3. The molecule has 4 amide bonds. The summed E-state index contributed by atoms with van der Waals surface area (Å²) in [6.07, 6.45) is 1.63. The monoisotopic (exact) mass is 426 g/mol. The third-order valence-electron chi connectivity index (χ3n) is 5.98. The Kier molecular flexibility index (Phi) is 4.66. The number of nitrogens with zero attached hydrogens (tertiary/aromatic N) is 2. The largest absolute Gasteiger partial charge is 0.366 e. The summed E-state index contributed by atoms with van der Waals surface area (Å²) in [5.41, 5.74) is 2.55. The quantitative estimate of drug-likeness (QED) is 0.673. The molecule has 1 saturated heterocycles. The van der Waals surface area contributed by atoms with Crippen LogP contribution in [0.1, 0.15) is 5.56 Å². The molecule has 3 aromatic carbocycles. The van der Waals surface area contributed by atoms with Crippen LogP contribution in [0, 0.1) is 6.92 Å². The van der Waals surface area contributed by atoms with Crippen molar-refractivity contribution < 1.29 is 14.4 Å². The molecular weight excluding hydrogens is 404 g/mol. The molecule has 0 spiro atoms. The number of rotatable bonds is 3. The lowest BCUT2D eigenvalue weighted by Crippen LogP contribution is -2.65. The maximum atomic E-state index is 13.3. The first-order valence-electron chi connectivity index (χ1n) is 10.4. The summed E-state index contributed by atoms with van der Waals surface area (Å²) in [6, 6.07) is 18.7. The highest BCUT2D eigenvalue weighted by molar-refractivity contribution is 6.20. The number of hydrogen-bond acceptors (Lipinski definition) is 4. The average Bonchev–Trinajstić information content (AvgIpc) is 3.11. The molecule has 0 saturated carbocycles. The number of nitrogens with one attached hydrogen (secondary N) is 2. The van der Waals surface area contributed by atoms with Gasteiger partial charge in [0, 0.05) is 24.3 Å². The number of carbonyl (C=O) groups is 3. The molecule has 3 aromatic rings. The van der Waals surface area contributed by atoms with Gasteiger partial charge in [-0.15, -0.1) is 0 Å². The van der Waals surface area contributed by atoms with Gasteiger partial charge in [0.15, 0.2) is 0 Å². The summed E-state index contributed by atoms with van der Waals surface area (Å²) in [6.45, 7) is 1.94. The fourth-order valence-electron chi connectivity index (χ4n) is 4.36. The van der Waals surface area contributed by atoms with Crippen molar-refractivity contribution in [2.75, 3.05) is 17.3 Å². The fourth-order valence-corrected chi connectivity index (χ4v) is 4.36. The van der Waals surface area contributed by atoms with Crippen molar-refractivity contribution in [2.24, 2.45) is 0 Å². The van der Waals surface area contributed by atoms with Gasteiger partial charge >= 0.3 is 6.03 Å². The number of amides is 4. The number of fused-ring (bicyclic) bond motifs is 2. The van der Waals surface area contributed by atoms with E-state index in [9.17, 15) is 14.4 Å². The zero-order chi connectivity index (χ0) is 22.4. The number of benzene rings is 3. The maximum Gasteiger partial charge on any atom is 0.329 e. The van der Waals surface area contributed by atoms with Gasteiger partial charge in [0.2, 0.25) is 0 Å². The predicted molar refractivity (Wildman–Crippen MR) is 123 cm³/mol. The van der Waals surface area contributed by atoms with Crippen LogP contribution in [0.15, 0.2) is 78.5 Å². The molecule has 160 valence electrons. The summed E-state index contributed by atoms with van der Waals surface area (Å²) in [4.78, 5) is 42.1. The van der Waals surface area contributed by atoms with E-state index in [-0.39, 0.29) is 11.8 Å². The van der Waals surface area contributed by atoms with Crippen LogP contribution >= 0.6 is 0 Å². The van der Waals surface area contributed by atoms with E-state index in [0.29, 0.717) is 16.9 Å². The second-order valence-electron chi connectivity index (χ2n) is 8.11. The lowest BCUT2D eigenvalue weighted by atomic mass is 9.98. The van der Waals surface area contributed by atoms with E-state index in [1.807, 2.05) is 61.5 Å². The number of imide groups is 1. The van der Waals surface area contributed by atoms with E-state index >= 15 is 0 Å². The summed E-state index contributed by atoms with van der Waals surface area (Å²) >= 11 is 0. The second-order valence-corrected chi connectivity index (χ2v) is 8.11. The summed E-state index contributed by atoms with van der Waals surface area (Å²) in [5.74, 6) is -0.716. The number of hydrogen-bond donors (Lipinski definition) is 2. The van der Waals surface area contributed by atoms with Crippen molar-refractivity contribution in [3.8, 4) is 0 Å². The van der Waals surface area contributed by atoms with E-state index in [2.05, 4.69) is 10.6 Å². The van der Waals surface area contributed by atoms with Gasteiger partial charge in [-0.25, -0.2) is 9.69 Å². The number of anilines is 2. The molecular formula is C25H22N4O3.